The number of aliphatic hydroxyl groups is 1. The highest BCUT2D eigenvalue weighted by Crippen LogP contribution is 2.39. The van der Waals surface area contributed by atoms with Crippen LogP contribution in [-0.4, -0.2) is 17.3 Å². The van der Waals surface area contributed by atoms with E-state index in [0.29, 0.717) is 0 Å². The average Bonchev–Trinajstić information content (AvgIpc) is 2.54. The summed E-state index contributed by atoms with van der Waals surface area (Å²) in [7, 11) is 0. The topological polar surface area (TPSA) is 29.5 Å². The van der Waals surface area contributed by atoms with Crippen molar-refractivity contribution in [2.24, 2.45) is 11.8 Å². The van der Waals surface area contributed by atoms with Gasteiger partial charge in [-0.05, 0) is 55.9 Å². The van der Waals surface area contributed by atoms with Gasteiger partial charge in [-0.2, -0.15) is 0 Å². The molecule has 98 valence electrons. The molecule has 1 saturated carbocycles. The van der Waals surface area contributed by atoms with Crippen molar-refractivity contribution in [2.45, 2.75) is 64.4 Å². The van der Waals surface area contributed by atoms with Gasteiger partial charge in [0.25, 0.3) is 0 Å². The molecule has 0 aromatic rings. The van der Waals surface area contributed by atoms with Crippen LogP contribution in [0.3, 0.4) is 0 Å². The van der Waals surface area contributed by atoms with Crippen LogP contribution in [0.25, 0.3) is 0 Å². The van der Waals surface area contributed by atoms with Crippen LogP contribution in [0.2, 0.25) is 0 Å². The van der Waals surface area contributed by atoms with Gasteiger partial charge in [-0.1, -0.05) is 20.3 Å². The third-order valence-corrected chi connectivity index (χ3v) is 4.57. The van der Waals surface area contributed by atoms with Crippen molar-refractivity contribution in [1.82, 2.24) is 0 Å². The molecule has 0 aromatic carbocycles. The third kappa shape index (κ3) is 3.04. The predicted octanol–water partition coefficient (Wildman–Crippen LogP) is 3.65. The van der Waals surface area contributed by atoms with Crippen LogP contribution in [-0.2, 0) is 4.74 Å². The van der Waals surface area contributed by atoms with Gasteiger partial charge in [0.05, 0.1) is 18.5 Å². The Kier molecular flexibility index (Phi) is 4.13. The van der Waals surface area contributed by atoms with Gasteiger partial charge < -0.3 is 9.84 Å². The Balaban J connectivity index is 2.03. The molecule has 1 aliphatic carbocycles. The smallest absolute Gasteiger partial charge is 0.0889 e. The zero-order valence-electron chi connectivity index (χ0n) is 11.2. The minimum absolute atomic E-state index is 0.565. The highest BCUT2D eigenvalue weighted by molar-refractivity contribution is 5.16. The molecule has 2 rings (SSSR count). The van der Waals surface area contributed by atoms with Crippen molar-refractivity contribution in [3.8, 4) is 0 Å². The van der Waals surface area contributed by atoms with Gasteiger partial charge in [-0.25, -0.2) is 0 Å². The van der Waals surface area contributed by atoms with E-state index >= 15 is 0 Å². The second-order valence-corrected chi connectivity index (χ2v) is 6.08. The highest BCUT2D eigenvalue weighted by Gasteiger charge is 2.35. The highest BCUT2D eigenvalue weighted by atomic mass is 16.5. The lowest BCUT2D eigenvalue weighted by Crippen LogP contribution is -2.32. The maximum atomic E-state index is 10.8. The Morgan fingerprint density at radius 3 is 2.76 bits per heavy atom. The second-order valence-electron chi connectivity index (χ2n) is 6.08. The Hall–Kier alpha value is -0.500. The zero-order chi connectivity index (χ0) is 12.3. The molecule has 1 N–H and O–H groups in total. The van der Waals surface area contributed by atoms with Crippen molar-refractivity contribution in [3.05, 3.63) is 11.8 Å². The SMILES string of the molecule is CC(C)C1CCCC(O)(C2=COCCC2)CC1. The summed E-state index contributed by atoms with van der Waals surface area (Å²) in [5, 5.41) is 10.8. The molecule has 2 unspecified atom stereocenters. The minimum Gasteiger partial charge on any atom is -0.501 e. The molecule has 2 nitrogen and oxygen atoms in total. The lowest BCUT2D eigenvalue weighted by atomic mass is 9.83. The standard InChI is InChI=1S/C15H26O2/c1-12(2)13-5-3-8-15(16,9-7-13)14-6-4-10-17-11-14/h11-13,16H,3-10H2,1-2H3. The Bertz CT molecular complexity index is 283. The monoisotopic (exact) mass is 238 g/mol. The fourth-order valence-corrected chi connectivity index (χ4v) is 3.24. The van der Waals surface area contributed by atoms with Gasteiger partial charge in [0.1, 0.15) is 0 Å². The number of hydrogen-bond acceptors (Lipinski definition) is 2. The van der Waals surface area contributed by atoms with Gasteiger partial charge in [-0.3, -0.25) is 0 Å². The summed E-state index contributed by atoms with van der Waals surface area (Å²) in [6, 6.07) is 0. The van der Waals surface area contributed by atoms with E-state index in [4.69, 9.17) is 4.74 Å². The summed E-state index contributed by atoms with van der Waals surface area (Å²) in [4.78, 5) is 0. The summed E-state index contributed by atoms with van der Waals surface area (Å²) in [6.45, 7) is 5.42. The van der Waals surface area contributed by atoms with Gasteiger partial charge in [0.2, 0.25) is 0 Å². The van der Waals surface area contributed by atoms with Crippen molar-refractivity contribution in [1.29, 1.82) is 0 Å². The maximum absolute atomic E-state index is 10.8. The van der Waals surface area contributed by atoms with Gasteiger partial charge in [0, 0.05) is 0 Å². The average molecular weight is 238 g/mol. The molecule has 0 saturated heterocycles. The van der Waals surface area contributed by atoms with Gasteiger partial charge in [0.15, 0.2) is 0 Å². The molecule has 0 spiro atoms. The molecule has 2 aliphatic rings. The maximum Gasteiger partial charge on any atom is 0.0889 e. The van der Waals surface area contributed by atoms with Crippen molar-refractivity contribution in [3.63, 3.8) is 0 Å². The van der Waals surface area contributed by atoms with E-state index in [2.05, 4.69) is 13.8 Å². The summed E-state index contributed by atoms with van der Waals surface area (Å²) in [6.07, 6.45) is 9.33. The van der Waals surface area contributed by atoms with Crippen molar-refractivity contribution in [2.75, 3.05) is 6.61 Å². The first kappa shape index (κ1) is 12.9. The molecule has 0 radical (unpaired) electrons. The van der Waals surface area contributed by atoms with Crippen LogP contribution >= 0.6 is 0 Å². The lowest BCUT2D eigenvalue weighted by Gasteiger charge is -2.31. The summed E-state index contributed by atoms with van der Waals surface area (Å²) in [5.41, 5.74) is 0.581. The Morgan fingerprint density at radius 1 is 1.29 bits per heavy atom. The van der Waals surface area contributed by atoms with Crippen LogP contribution in [0.15, 0.2) is 11.8 Å². The lowest BCUT2D eigenvalue weighted by molar-refractivity contribution is 0.0461. The molecule has 17 heavy (non-hydrogen) atoms. The number of rotatable bonds is 2. The molecular formula is C15H26O2. The second kappa shape index (κ2) is 5.43. The van der Waals surface area contributed by atoms with E-state index in [1.54, 1.807) is 0 Å². The molecule has 0 amide bonds. The summed E-state index contributed by atoms with van der Waals surface area (Å²) >= 11 is 0. The zero-order valence-corrected chi connectivity index (χ0v) is 11.2. The van der Waals surface area contributed by atoms with E-state index in [-0.39, 0.29) is 0 Å². The van der Waals surface area contributed by atoms with E-state index in [0.717, 1.165) is 62.5 Å². The molecule has 1 heterocycles. The first-order valence-corrected chi connectivity index (χ1v) is 7.15. The Morgan fingerprint density at radius 2 is 2.12 bits per heavy atom. The fourth-order valence-electron chi connectivity index (χ4n) is 3.24. The van der Waals surface area contributed by atoms with Crippen LogP contribution in [0.5, 0.6) is 0 Å². The third-order valence-electron chi connectivity index (χ3n) is 4.57. The first-order valence-electron chi connectivity index (χ1n) is 7.15. The van der Waals surface area contributed by atoms with E-state index in [9.17, 15) is 5.11 Å². The summed E-state index contributed by atoms with van der Waals surface area (Å²) < 4.78 is 5.39. The van der Waals surface area contributed by atoms with Gasteiger partial charge in [-0.15, -0.1) is 0 Å². The first-order chi connectivity index (χ1) is 8.12. The number of hydrogen-bond donors (Lipinski definition) is 1. The number of ether oxygens (including phenoxy) is 1. The summed E-state index contributed by atoms with van der Waals surface area (Å²) in [5.74, 6) is 1.53. The van der Waals surface area contributed by atoms with E-state index < -0.39 is 5.60 Å². The van der Waals surface area contributed by atoms with Crippen molar-refractivity contribution < 1.29 is 9.84 Å². The van der Waals surface area contributed by atoms with Crippen LogP contribution < -0.4 is 0 Å². The molecule has 2 heteroatoms. The Labute approximate surface area is 105 Å². The molecule has 1 fully saturated rings. The van der Waals surface area contributed by atoms with E-state index in [1.165, 1.54) is 6.42 Å². The quantitative estimate of drug-likeness (QED) is 0.744. The molecule has 0 aromatic heterocycles. The van der Waals surface area contributed by atoms with Gasteiger partial charge >= 0.3 is 0 Å². The largest absolute Gasteiger partial charge is 0.501 e. The molecule has 0 bridgehead atoms. The normalized spacial score (nSPS) is 35.1. The fraction of sp³-hybridized carbons (Fsp3) is 0.867. The molecule has 1 aliphatic heterocycles. The molecule has 2 atom stereocenters. The van der Waals surface area contributed by atoms with Crippen LogP contribution in [0, 0.1) is 11.8 Å². The predicted molar refractivity (Wildman–Crippen MR) is 69.6 cm³/mol. The van der Waals surface area contributed by atoms with Crippen LogP contribution in [0.4, 0.5) is 0 Å². The van der Waals surface area contributed by atoms with E-state index in [1.807, 2.05) is 6.26 Å². The van der Waals surface area contributed by atoms with Crippen molar-refractivity contribution >= 4 is 0 Å². The van der Waals surface area contributed by atoms with Crippen LogP contribution in [0.1, 0.15) is 58.8 Å². The molecular weight excluding hydrogens is 212 g/mol. The minimum atomic E-state index is -0.565.